The van der Waals surface area contributed by atoms with E-state index in [1.54, 1.807) is 12.1 Å². The molecule has 1 aliphatic rings. The maximum Gasteiger partial charge on any atom is 0.228 e. The SMILES string of the molecule is CC(C)c1nc(CC(=O)N2CCN(c3ccc(C#N)nn3)CC2)cn1C. The van der Waals surface area contributed by atoms with Gasteiger partial charge < -0.3 is 14.4 Å². The standard InChI is InChI=1S/C18H23N7O/c1-13(2)18-20-15(12-23(18)3)10-17(26)25-8-6-24(7-9-25)16-5-4-14(11-19)21-22-16/h4-5,12-13H,6-10H2,1-3H3. The van der Waals surface area contributed by atoms with Gasteiger partial charge in [0.2, 0.25) is 5.91 Å². The van der Waals surface area contributed by atoms with Crippen molar-refractivity contribution < 1.29 is 4.79 Å². The van der Waals surface area contributed by atoms with Gasteiger partial charge in [-0.3, -0.25) is 4.79 Å². The number of rotatable bonds is 4. The average Bonchev–Trinajstić information content (AvgIpc) is 3.02. The van der Waals surface area contributed by atoms with Gasteiger partial charge in [0, 0.05) is 45.3 Å². The first-order chi connectivity index (χ1) is 12.5. The minimum Gasteiger partial charge on any atom is -0.352 e. The van der Waals surface area contributed by atoms with Crippen molar-refractivity contribution in [2.45, 2.75) is 26.2 Å². The Morgan fingerprint density at radius 2 is 1.96 bits per heavy atom. The topological polar surface area (TPSA) is 90.9 Å². The first-order valence-corrected chi connectivity index (χ1v) is 8.76. The molecule has 26 heavy (non-hydrogen) atoms. The van der Waals surface area contributed by atoms with Crippen LogP contribution < -0.4 is 4.90 Å². The summed E-state index contributed by atoms with van der Waals surface area (Å²) in [5.74, 6) is 2.17. The predicted molar refractivity (Wildman–Crippen MR) is 96.5 cm³/mol. The monoisotopic (exact) mass is 353 g/mol. The number of amides is 1. The van der Waals surface area contributed by atoms with Gasteiger partial charge in [-0.05, 0) is 12.1 Å². The van der Waals surface area contributed by atoms with E-state index in [1.807, 2.05) is 28.8 Å². The third-order valence-electron chi connectivity index (χ3n) is 4.53. The molecule has 8 nitrogen and oxygen atoms in total. The van der Waals surface area contributed by atoms with Crippen molar-refractivity contribution in [1.82, 2.24) is 24.6 Å². The molecule has 1 fully saturated rings. The molecule has 8 heteroatoms. The van der Waals surface area contributed by atoms with Crippen LogP contribution in [0.5, 0.6) is 0 Å². The van der Waals surface area contributed by atoms with Crippen molar-refractivity contribution in [1.29, 1.82) is 5.26 Å². The van der Waals surface area contributed by atoms with E-state index in [9.17, 15) is 4.79 Å². The van der Waals surface area contributed by atoms with Crippen LogP contribution in [-0.2, 0) is 18.3 Å². The molecule has 3 rings (SSSR count). The summed E-state index contributed by atoms with van der Waals surface area (Å²) >= 11 is 0. The second-order valence-corrected chi connectivity index (χ2v) is 6.79. The zero-order chi connectivity index (χ0) is 18.7. The highest BCUT2D eigenvalue weighted by molar-refractivity contribution is 5.78. The summed E-state index contributed by atoms with van der Waals surface area (Å²) in [5.41, 5.74) is 1.13. The van der Waals surface area contributed by atoms with E-state index < -0.39 is 0 Å². The van der Waals surface area contributed by atoms with Crippen molar-refractivity contribution in [3.63, 3.8) is 0 Å². The van der Waals surface area contributed by atoms with E-state index in [1.165, 1.54) is 0 Å². The Bertz CT molecular complexity index is 811. The number of imidazole rings is 1. The first-order valence-electron chi connectivity index (χ1n) is 8.76. The van der Waals surface area contributed by atoms with Crippen molar-refractivity contribution >= 4 is 11.7 Å². The van der Waals surface area contributed by atoms with Crippen LogP contribution in [0.3, 0.4) is 0 Å². The summed E-state index contributed by atoms with van der Waals surface area (Å²) in [7, 11) is 1.97. The van der Waals surface area contributed by atoms with Crippen LogP contribution in [0.1, 0.15) is 37.0 Å². The molecular formula is C18H23N7O. The number of aryl methyl sites for hydroxylation is 1. The number of nitrogens with zero attached hydrogens (tertiary/aromatic N) is 7. The number of hydrogen-bond donors (Lipinski definition) is 0. The van der Waals surface area contributed by atoms with E-state index in [2.05, 4.69) is 33.9 Å². The lowest BCUT2D eigenvalue weighted by Gasteiger charge is -2.35. The zero-order valence-corrected chi connectivity index (χ0v) is 15.4. The van der Waals surface area contributed by atoms with Gasteiger partial charge in [0.25, 0.3) is 0 Å². The summed E-state index contributed by atoms with van der Waals surface area (Å²) in [6.07, 6.45) is 2.27. The van der Waals surface area contributed by atoms with Gasteiger partial charge in [-0.1, -0.05) is 13.8 Å². The van der Waals surface area contributed by atoms with Crippen molar-refractivity contribution in [2.24, 2.45) is 7.05 Å². The molecule has 0 aromatic carbocycles. The third-order valence-corrected chi connectivity index (χ3v) is 4.53. The summed E-state index contributed by atoms with van der Waals surface area (Å²) in [6, 6.07) is 5.42. The van der Waals surface area contributed by atoms with Gasteiger partial charge in [-0.25, -0.2) is 4.98 Å². The van der Waals surface area contributed by atoms with E-state index in [-0.39, 0.29) is 5.91 Å². The molecule has 1 saturated heterocycles. The highest BCUT2D eigenvalue weighted by Gasteiger charge is 2.23. The lowest BCUT2D eigenvalue weighted by Crippen LogP contribution is -2.49. The Hall–Kier alpha value is -2.95. The summed E-state index contributed by atoms with van der Waals surface area (Å²) < 4.78 is 1.99. The lowest BCUT2D eigenvalue weighted by atomic mass is 10.2. The van der Waals surface area contributed by atoms with E-state index in [0.717, 1.165) is 17.3 Å². The fraction of sp³-hybridized carbons (Fsp3) is 0.500. The number of hydrogen-bond acceptors (Lipinski definition) is 6. The van der Waals surface area contributed by atoms with E-state index in [0.29, 0.717) is 44.2 Å². The molecule has 0 bridgehead atoms. The largest absolute Gasteiger partial charge is 0.352 e. The Balaban J connectivity index is 1.56. The maximum atomic E-state index is 12.6. The van der Waals surface area contributed by atoms with Crippen LogP contribution in [0, 0.1) is 11.3 Å². The van der Waals surface area contributed by atoms with E-state index in [4.69, 9.17) is 5.26 Å². The third kappa shape index (κ3) is 3.82. The minimum absolute atomic E-state index is 0.101. The van der Waals surface area contributed by atoms with Crippen molar-refractivity contribution in [2.75, 3.05) is 31.1 Å². The predicted octanol–water partition coefficient (Wildman–Crippen LogP) is 1.10. The van der Waals surface area contributed by atoms with Crippen LogP contribution in [0.4, 0.5) is 5.82 Å². The number of nitriles is 1. The van der Waals surface area contributed by atoms with Gasteiger partial charge in [-0.2, -0.15) is 5.26 Å². The molecule has 2 aromatic heterocycles. The average molecular weight is 353 g/mol. The quantitative estimate of drug-likeness (QED) is 0.817. The van der Waals surface area contributed by atoms with Gasteiger partial charge in [0.1, 0.15) is 11.9 Å². The molecule has 0 unspecified atom stereocenters. The molecule has 0 saturated carbocycles. The van der Waals surface area contributed by atoms with Crippen molar-refractivity contribution in [3.8, 4) is 6.07 Å². The first kappa shape index (κ1) is 17.9. The number of carbonyl (C=O) groups excluding carboxylic acids is 1. The molecule has 0 radical (unpaired) electrons. The number of anilines is 1. The molecule has 2 aromatic rings. The highest BCUT2D eigenvalue weighted by atomic mass is 16.2. The van der Waals surface area contributed by atoms with Gasteiger partial charge in [0.15, 0.2) is 11.5 Å². The van der Waals surface area contributed by atoms with Crippen LogP contribution >= 0.6 is 0 Å². The van der Waals surface area contributed by atoms with E-state index >= 15 is 0 Å². The van der Waals surface area contributed by atoms with Crippen molar-refractivity contribution in [3.05, 3.63) is 35.5 Å². The molecular weight excluding hydrogens is 330 g/mol. The second-order valence-electron chi connectivity index (χ2n) is 6.79. The summed E-state index contributed by atoms with van der Waals surface area (Å²) in [6.45, 7) is 6.88. The molecule has 1 aliphatic heterocycles. The fourth-order valence-electron chi connectivity index (χ4n) is 3.17. The molecule has 0 atom stereocenters. The summed E-state index contributed by atoms with van der Waals surface area (Å²) in [5, 5.41) is 16.7. The van der Waals surface area contributed by atoms with Crippen LogP contribution in [0.2, 0.25) is 0 Å². The smallest absolute Gasteiger partial charge is 0.228 e. The molecule has 136 valence electrons. The van der Waals surface area contributed by atoms with Gasteiger partial charge in [0.05, 0.1) is 12.1 Å². The molecule has 0 spiro atoms. The molecule has 0 aliphatic carbocycles. The fourth-order valence-corrected chi connectivity index (χ4v) is 3.17. The molecule has 3 heterocycles. The maximum absolute atomic E-state index is 12.6. The number of aromatic nitrogens is 4. The number of carbonyl (C=O) groups is 1. The van der Waals surface area contributed by atoms with Gasteiger partial charge >= 0.3 is 0 Å². The summed E-state index contributed by atoms with van der Waals surface area (Å²) in [4.78, 5) is 21.1. The second kappa shape index (κ2) is 7.52. The normalized spacial score (nSPS) is 14.6. The molecule has 0 N–H and O–H groups in total. The highest BCUT2D eigenvalue weighted by Crippen LogP contribution is 2.16. The number of piperazine rings is 1. The Morgan fingerprint density at radius 1 is 1.23 bits per heavy atom. The molecule has 1 amide bonds. The van der Waals surface area contributed by atoms with Crippen LogP contribution in [0.25, 0.3) is 0 Å². The van der Waals surface area contributed by atoms with Gasteiger partial charge in [-0.15, -0.1) is 10.2 Å². The van der Waals surface area contributed by atoms with Crippen LogP contribution in [0.15, 0.2) is 18.3 Å². The Kier molecular flexibility index (Phi) is 5.16. The Labute approximate surface area is 153 Å². The van der Waals surface area contributed by atoms with Crippen LogP contribution in [-0.4, -0.2) is 56.7 Å². The zero-order valence-electron chi connectivity index (χ0n) is 15.4. The lowest BCUT2D eigenvalue weighted by molar-refractivity contribution is -0.130. The Morgan fingerprint density at radius 3 is 2.50 bits per heavy atom. The minimum atomic E-state index is 0.101.